The minimum Gasteiger partial charge on any atom is -0.493 e. The predicted molar refractivity (Wildman–Crippen MR) is 93.0 cm³/mol. The summed E-state index contributed by atoms with van der Waals surface area (Å²) in [5, 5.41) is 16.2. The van der Waals surface area contributed by atoms with Crippen LogP contribution >= 0.6 is 11.3 Å². The zero-order valence-electron chi connectivity index (χ0n) is 14.2. The van der Waals surface area contributed by atoms with E-state index in [0.717, 1.165) is 4.88 Å². The van der Waals surface area contributed by atoms with E-state index in [1.54, 1.807) is 6.92 Å². The first-order chi connectivity index (χ1) is 11.9. The highest BCUT2D eigenvalue weighted by atomic mass is 32.1. The Hall–Kier alpha value is -2.81. The van der Waals surface area contributed by atoms with Gasteiger partial charge in [-0.1, -0.05) is 6.07 Å². The fourth-order valence-corrected chi connectivity index (χ4v) is 3.11. The quantitative estimate of drug-likeness (QED) is 0.597. The Bertz CT molecular complexity index is 775. The molecule has 0 saturated heterocycles. The van der Waals surface area contributed by atoms with Crippen molar-refractivity contribution < 1.29 is 23.9 Å². The number of benzene rings is 1. The molecule has 1 amide bonds. The van der Waals surface area contributed by atoms with Gasteiger partial charge >= 0.3 is 5.69 Å². The minimum atomic E-state index is -0.675. The van der Waals surface area contributed by atoms with Gasteiger partial charge in [0.1, 0.15) is 5.56 Å². The van der Waals surface area contributed by atoms with Crippen LogP contribution in [0.3, 0.4) is 0 Å². The number of thiophene rings is 1. The highest BCUT2D eigenvalue weighted by molar-refractivity contribution is 7.10. The monoisotopic (exact) mass is 366 g/mol. The van der Waals surface area contributed by atoms with Crippen LogP contribution in [0.5, 0.6) is 17.2 Å². The maximum atomic E-state index is 12.6. The summed E-state index contributed by atoms with van der Waals surface area (Å²) >= 11 is 1.48. The lowest BCUT2D eigenvalue weighted by atomic mass is 10.1. The highest BCUT2D eigenvalue weighted by Crippen LogP contribution is 2.46. The average Bonchev–Trinajstić information content (AvgIpc) is 3.13. The van der Waals surface area contributed by atoms with Crippen molar-refractivity contribution in [3.63, 3.8) is 0 Å². The molecule has 0 fully saturated rings. The predicted octanol–water partition coefficient (Wildman–Crippen LogP) is 3.17. The Morgan fingerprint density at radius 1 is 1.24 bits per heavy atom. The number of carbonyl (C=O) groups excluding carboxylic acids is 1. The first-order valence-corrected chi connectivity index (χ1v) is 8.14. The van der Waals surface area contributed by atoms with Crippen molar-refractivity contribution in [3.8, 4) is 17.2 Å². The van der Waals surface area contributed by atoms with E-state index in [2.05, 4.69) is 5.32 Å². The van der Waals surface area contributed by atoms with Gasteiger partial charge in [0.15, 0.2) is 5.75 Å². The number of rotatable bonds is 7. The minimum absolute atomic E-state index is 0.0551. The zero-order chi connectivity index (χ0) is 18.6. The molecule has 25 heavy (non-hydrogen) atoms. The number of methoxy groups -OCH3 is 3. The molecule has 8 nitrogen and oxygen atoms in total. The maximum Gasteiger partial charge on any atom is 0.327 e. The van der Waals surface area contributed by atoms with E-state index >= 15 is 0 Å². The van der Waals surface area contributed by atoms with Crippen LogP contribution in [0.2, 0.25) is 0 Å². The number of nitrogens with one attached hydrogen (secondary N) is 1. The molecule has 1 unspecified atom stereocenters. The first-order valence-electron chi connectivity index (χ1n) is 7.26. The standard InChI is InChI=1S/C16H18N2O6S/c1-9(12-6-5-7-25-12)17-16(19)10-8-11(22-2)14(23-3)15(24-4)13(10)18(20)21/h5-9H,1-4H3,(H,17,19). The van der Waals surface area contributed by atoms with Gasteiger partial charge in [0, 0.05) is 10.9 Å². The highest BCUT2D eigenvalue weighted by Gasteiger charge is 2.32. The van der Waals surface area contributed by atoms with E-state index in [1.807, 2.05) is 17.5 Å². The number of amides is 1. The van der Waals surface area contributed by atoms with E-state index in [0.29, 0.717) is 0 Å². The summed E-state index contributed by atoms with van der Waals surface area (Å²) in [6.07, 6.45) is 0. The van der Waals surface area contributed by atoms with Gasteiger partial charge in [-0.15, -0.1) is 11.3 Å². The number of nitrogens with zero attached hydrogens (tertiary/aromatic N) is 1. The number of hydrogen-bond donors (Lipinski definition) is 1. The Balaban J connectivity index is 2.51. The van der Waals surface area contributed by atoms with Crippen LogP contribution in [0, 0.1) is 10.1 Å². The molecular formula is C16H18N2O6S. The molecule has 1 heterocycles. The molecule has 0 aliphatic carbocycles. The SMILES string of the molecule is COc1cc(C(=O)NC(C)c2cccs2)c([N+](=O)[O-])c(OC)c1OC. The average molecular weight is 366 g/mol. The third-order valence-electron chi connectivity index (χ3n) is 3.55. The lowest BCUT2D eigenvalue weighted by Crippen LogP contribution is -2.27. The van der Waals surface area contributed by atoms with Gasteiger partial charge in [0.2, 0.25) is 11.5 Å². The van der Waals surface area contributed by atoms with Crippen molar-refractivity contribution in [2.24, 2.45) is 0 Å². The maximum absolute atomic E-state index is 12.6. The van der Waals surface area contributed by atoms with Gasteiger partial charge in [0.25, 0.3) is 5.91 Å². The van der Waals surface area contributed by atoms with Crippen LogP contribution in [-0.4, -0.2) is 32.2 Å². The molecule has 0 aliphatic heterocycles. The first kappa shape index (κ1) is 18.5. The second-order valence-corrected chi connectivity index (χ2v) is 5.99. The molecule has 134 valence electrons. The van der Waals surface area contributed by atoms with E-state index in [9.17, 15) is 14.9 Å². The summed E-state index contributed by atoms with van der Waals surface area (Å²) in [7, 11) is 3.97. The lowest BCUT2D eigenvalue weighted by molar-refractivity contribution is -0.386. The molecule has 0 radical (unpaired) electrons. The van der Waals surface area contributed by atoms with Gasteiger partial charge < -0.3 is 19.5 Å². The van der Waals surface area contributed by atoms with Crippen molar-refractivity contribution in [1.82, 2.24) is 5.32 Å². The molecule has 1 N–H and O–H groups in total. The van der Waals surface area contributed by atoms with Crippen LogP contribution in [0.15, 0.2) is 23.6 Å². The van der Waals surface area contributed by atoms with Crippen LogP contribution in [0.1, 0.15) is 28.2 Å². The number of carbonyl (C=O) groups is 1. The fraction of sp³-hybridized carbons (Fsp3) is 0.312. The molecule has 0 bridgehead atoms. The third-order valence-corrected chi connectivity index (χ3v) is 4.60. The van der Waals surface area contributed by atoms with Crippen molar-refractivity contribution in [2.75, 3.05) is 21.3 Å². The van der Waals surface area contributed by atoms with Gasteiger partial charge in [-0.25, -0.2) is 0 Å². The number of hydrogen-bond acceptors (Lipinski definition) is 7. The summed E-state index contributed by atoms with van der Waals surface area (Å²) in [6, 6.07) is 4.71. The van der Waals surface area contributed by atoms with Gasteiger partial charge in [-0.05, 0) is 18.4 Å². The summed E-state index contributed by atoms with van der Waals surface area (Å²) < 4.78 is 15.4. The Labute approximate surface area is 148 Å². The van der Waals surface area contributed by atoms with Crippen LogP contribution < -0.4 is 19.5 Å². The van der Waals surface area contributed by atoms with Crippen LogP contribution in [0.25, 0.3) is 0 Å². The Morgan fingerprint density at radius 3 is 2.40 bits per heavy atom. The number of nitro groups is 1. The summed E-state index contributed by atoms with van der Waals surface area (Å²) in [4.78, 5) is 24.4. The third kappa shape index (κ3) is 3.66. The molecule has 0 spiro atoms. The largest absolute Gasteiger partial charge is 0.493 e. The van der Waals surface area contributed by atoms with Gasteiger partial charge in [-0.3, -0.25) is 14.9 Å². The molecule has 1 atom stereocenters. The van der Waals surface area contributed by atoms with E-state index in [1.165, 1.54) is 38.7 Å². The summed E-state index contributed by atoms with van der Waals surface area (Å²) in [5.41, 5.74) is -0.640. The van der Waals surface area contributed by atoms with Crippen LogP contribution in [-0.2, 0) is 0 Å². The number of ether oxygens (including phenoxy) is 3. The second-order valence-electron chi connectivity index (χ2n) is 5.01. The van der Waals surface area contributed by atoms with E-state index < -0.39 is 16.5 Å². The number of nitro benzene ring substituents is 1. The van der Waals surface area contributed by atoms with Crippen molar-refractivity contribution in [1.29, 1.82) is 0 Å². The van der Waals surface area contributed by atoms with Crippen molar-refractivity contribution in [3.05, 3.63) is 44.1 Å². The lowest BCUT2D eigenvalue weighted by Gasteiger charge is -2.16. The van der Waals surface area contributed by atoms with Gasteiger partial charge in [-0.2, -0.15) is 0 Å². The van der Waals surface area contributed by atoms with E-state index in [-0.39, 0.29) is 28.9 Å². The van der Waals surface area contributed by atoms with Crippen molar-refractivity contribution in [2.45, 2.75) is 13.0 Å². The summed E-state index contributed by atoms with van der Waals surface area (Å²) in [6.45, 7) is 1.80. The smallest absolute Gasteiger partial charge is 0.327 e. The molecule has 0 saturated carbocycles. The normalized spacial score (nSPS) is 11.5. The molecular weight excluding hydrogens is 348 g/mol. The topological polar surface area (TPSA) is 99.9 Å². The molecule has 2 aromatic rings. The molecule has 1 aromatic carbocycles. The van der Waals surface area contributed by atoms with E-state index in [4.69, 9.17) is 14.2 Å². The molecule has 9 heteroatoms. The zero-order valence-corrected chi connectivity index (χ0v) is 15.0. The summed E-state index contributed by atoms with van der Waals surface area (Å²) in [5.74, 6) is -0.550. The Morgan fingerprint density at radius 2 is 1.92 bits per heavy atom. The molecule has 2 rings (SSSR count). The van der Waals surface area contributed by atoms with Gasteiger partial charge in [0.05, 0.1) is 32.3 Å². The van der Waals surface area contributed by atoms with Crippen LogP contribution in [0.4, 0.5) is 5.69 Å². The molecule has 0 aliphatic rings. The fourth-order valence-electron chi connectivity index (χ4n) is 2.38. The second kappa shape index (κ2) is 7.84. The molecule has 1 aromatic heterocycles. The Kier molecular flexibility index (Phi) is 5.81. The van der Waals surface area contributed by atoms with Crippen molar-refractivity contribution >= 4 is 22.9 Å².